The second kappa shape index (κ2) is 8.14. The van der Waals surface area contributed by atoms with Gasteiger partial charge in [0, 0.05) is 10.2 Å². The molecular weight excluding hydrogens is 294 g/mol. The lowest BCUT2D eigenvalue weighted by molar-refractivity contribution is -0.141. The highest BCUT2D eigenvalue weighted by molar-refractivity contribution is 9.10. The summed E-state index contributed by atoms with van der Waals surface area (Å²) in [6.07, 6.45) is 2.88. The molecular formula is C14H20BrNO2. The molecule has 1 N–H and O–H groups in total. The molecule has 1 aromatic carbocycles. The number of ether oxygens (including phenoxy) is 1. The molecule has 0 aliphatic carbocycles. The quantitative estimate of drug-likeness (QED) is 0.615. The lowest BCUT2D eigenvalue weighted by Gasteiger charge is -2.11. The third kappa shape index (κ3) is 5.08. The van der Waals surface area contributed by atoms with Gasteiger partial charge in [-0.1, -0.05) is 36.2 Å². The summed E-state index contributed by atoms with van der Waals surface area (Å²) in [4.78, 5) is 11.5. The fourth-order valence-electron chi connectivity index (χ4n) is 1.58. The van der Waals surface area contributed by atoms with Crippen molar-refractivity contribution in [3.05, 3.63) is 28.2 Å². The maximum Gasteiger partial charge on any atom is 0.325 e. The SMILES string of the molecule is CCCCOC(=O)CNc1ccc(Br)cc1CC. The van der Waals surface area contributed by atoms with Gasteiger partial charge in [0.2, 0.25) is 0 Å². The van der Waals surface area contributed by atoms with Gasteiger partial charge in [0.15, 0.2) is 0 Å². The van der Waals surface area contributed by atoms with Gasteiger partial charge in [-0.2, -0.15) is 0 Å². The minimum Gasteiger partial charge on any atom is -0.464 e. The minimum absolute atomic E-state index is 0.201. The minimum atomic E-state index is -0.201. The number of carbonyl (C=O) groups is 1. The first kappa shape index (κ1) is 15.0. The van der Waals surface area contributed by atoms with Gasteiger partial charge in [-0.15, -0.1) is 0 Å². The predicted octanol–water partition coefficient (Wildman–Crippen LogP) is 3.77. The molecule has 0 fully saturated rings. The van der Waals surface area contributed by atoms with E-state index in [2.05, 4.69) is 41.2 Å². The lowest BCUT2D eigenvalue weighted by Crippen LogP contribution is -2.18. The Kier molecular flexibility index (Phi) is 6.80. The van der Waals surface area contributed by atoms with Crippen LogP contribution in [0.25, 0.3) is 0 Å². The largest absolute Gasteiger partial charge is 0.464 e. The summed E-state index contributed by atoms with van der Waals surface area (Å²) in [6, 6.07) is 6.00. The van der Waals surface area contributed by atoms with Crippen molar-refractivity contribution in [3.8, 4) is 0 Å². The Hall–Kier alpha value is -1.03. The van der Waals surface area contributed by atoms with Gasteiger partial charge in [-0.3, -0.25) is 4.79 Å². The number of rotatable bonds is 7. The fourth-order valence-corrected chi connectivity index (χ4v) is 1.98. The molecule has 0 radical (unpaired) electrons. The van der Waals surface area contributed by atoms with Crippen molar-refractivity contribution in [3.63, 3.8) is 0 Å². The molecule has 0 aliphatic heterocycles. The van der Waals surface area contributed by atoms with Crippen LogP contribution < -0.4 is 5.32 Å². The van der Waals surface area contributed by atoms with E-state index in [1.54, 1.807) is 0 Å². The summed E-state index contributed by atoms with van der Waals surface area (Å²) in [5, 5.41) is 3.12. The zero-order chi connectivity index (χ0) is 13.4. The summed E-state index contributed by atoms with van der Waals surface area (Å²) >= 11 is 3.44. The molecule has 0 aliphatic rings. The first-order valence-corrected chi connectivity index (χ1v) is 7.14. The van der Waals surface area contributed by atoms with Crippen LogP contribution in [0.3, 0.4) is 0 Å². The average molecular weight is 314 g/mol. The molecule has 18 heavy (non-hydrogen) atoms. The van der Waals surface area contributed by atoms with Gasteiger partial charge in [-0.25, -0.2) is 0 Å². The van der Waals surface area contributed by atoms with Gasteiger partial charge < -0.3 is 10.1 Å². The molecule has 0 atom stereocenters. The first-order chi connectivity index (χ1) is 8.67. The van der Waals surface area contributed by atoms with E-state index in [-0.39, 0.29) is 12.5 Å². The molecule has 0 bridgehead atoms. The van der Waals surface area contributed by atoms with E-state index in [1.165, 1.54) is 5.56 Å². The zero-order valence-corrected chi connectivity index (χ0v) is 12.5. The van der Waals surface area contributed by atoms with Crippen molar-refractivity contribution in [1.82, 2.24) is 0 Å². The van der Waals surface area contributed by atoms with Crippen molar-refractivity contribution >= 4 is 27.6 Å². The molecule has 0 amide bonds. The Morgan fingerprint density at radius 3 is 2.83 bits per heavy atom. The summed E-state index contributed by atoms with van der Waals surface area (Å²) < 4.78 is 6.14. The normalized spacial score (nSPS) is 10.2. The van der Waals surface area contributed by atoms with Crippen LogP contribution in [0.5, 0.6) is 0 Å². The Labute approximate surface area is 117 Å². The molecule has 1 aromatic rings. The summed E-state index contributed by atoms with van der Waals surface area (Å²) in [5.41, 5.74) is 2.18. The zero-order valence-electron chi connectivity index (χ0n) is 11.0. The monoisotopic (exact) mass is 313 g/mol. The first-order valence-electron chi connectivity index (χ1n) is 6.35. The fraction of sp³-hybridized carbons (Fsp3) is 0.500. The molecule has 0 saturated heterocycles. The van der Waals surface area contributed by atoms with E-state index in [0.717, 1.165) is 29.4 Å². The number of benzene rings is 1. The highest BCUT2D eigenvalue weighted by Gasteiger charge is 2.05. The van der Waals surface area contributed by atoms with Gasteiger partial charge >= 0.3 is 5.97 Å². The molecule has 3 nitrogen and oxygen atoms in total. The van der Waals surface area contributed by atoms with E-state index < -0.39 is 0 Å². The van der Waals surface area contributed by atoms with Crippen LogP contribution >= 0.6 is 15.9 Å². The number of halogens is 1. The van der Waals surface area contributed by atoms with Crippen molar-refractivity contribution in [2.75, 3.05) is 18.5 Å². The molecule has 1 rings (SSSR count). The highest BCUT2D eigenvalue weighted by atomic mass is 79.9. The smallest absolute Gasteiger partial charge is 0.325 e. The van der Waals surface area contributed by atoms with Crippen LogP contribution in [-0.2, 0) is 16.0 Å². The Balaban J connectivity index is 2.45. The summed E-state index contributed by atoms with van der Waals surface area (Å²) in [5.74, 6) is -0.201. The van der Waals surface area contributed by atoms with Crippen LogP contribution in [0.2, 0.25) is 0 Å². The van der Waals surface area contributed by atoms with Crippen LogP contribution in [0.15, 0.2) is 22.7 Å². The second-order valence-corrected chi connectivity index (χ2v) is 5.00. The molecule has 100 valence electrons. The molecule has 0 aromatic heterocycles. The van der Waals surface area contributed by atoms with E-state index in [1.807, 2.05) is 12.1 Å². The van der Waals surface area contributed by atoms with Crippen LogP contribution in [0.1, 0.15) is 32.3 Å². The van der Waals surface area contributed by atoms with E-state index >= 15 is 0 Å². The number of esters is 1. The molecule has 0 heterocycles. The standard InChI is InChI=1S/C14H20BrNO2/c1-3-5-8-18-14(17)10-16-13-7-6-12(15)9-11(13)4-2/h6-7,9,16H,3-5,8,10H2,1-2H3. The molecule has 0 unspecified atom stereocenters. The summed E-state index contributed by atoms with van der Waals surface area (Å²) in [6.45, 7) is 4.89. The Morgan fingerprint density at radius 2 is 2.17 bits per heavy atom. The number of unbranched alkanes of at least 4 members (excludes halogenated alkanes) is 1. The maximum absolute atomic E-state index is 11.5. The number of hydrogen-bond acceptors (Lipinski definition) is 3. The van der Waals surface area contributed by atoms with E-state index in [4.69, 9.17) is 4.74 Å². The molecule has 0 spiro atoms. The Morgan fingerprint density at radius 1 is 1.39 bits per heavy atom. The number of nitrogens with one attached hydrogen (secondary N) is 1. The highest BCUT2D eigenvalue weighted by Crippen LogP contribution is 2.21. The van der Waals surface area contributed by atoms with Crippen molar-refractivity contribution in [2.24, 2.45) is 0 Å². The third-order valence-corrected chi connectivity index (χ3v) is 3.13. The number of hydrogen-bond donors (Lipinski definition) is 1. The molecule has 0 saturated carbocycles. The van der Waals surface area contributed by atoms with E-state index in [9.17, 15) is 4.79 Å². The summed E-state index contributed by atoms with van der Waals surface area (Å²) in [7, 11) is 0. The van der Waals surface area contributed by atoms with Crippen molar-refractivity contribution < 1.29 is 9.53 Å². The van der Waals surface area contributed by atoms with Gasteiger partial charge in [0.1, 0.15) is 6.54 Å². The number of aryl methyl sites for hydroxylation is 1. The average Bonchev–Trinajstić information content (AvgIpc) is 2.37. The second-order valence-electron chi connectivity index (χ2n) is 4.08. The maximum atomic E-state index is 11.5. The topological polar surface area (TPSA) is 38.3 Å². The van der Waals surface area contributed by atoms with Gasteiger partial charge in [0.05, 0.1) is 6.61 Å². The predicted molar refractivity (Wildman–Crippen MR) is 77.9 cm³/mol. The van der Waals surface area contributed by atoms with Crippen molar-refractivity contribution in [2.45, 2.75) is 33.1 Å². The van der Waals surface area contributed by atoms with Crippen LogP contribution in [0, 0.1) is 0 Å². The van der Waals surface area contributed by atoms with E-state index in [0.29, 0.717) is 6.61 Å². The van der Waals surface area contributed by atoms with Crippen LogP contribution in [-0.4, -0.2) is 19.1 Å². The third-order valence-electron chi connectivity index (χ3n) is 2.63. The van der Waals surface area contributed by atoms with Gasteiger partial charge in [0.25, 0.3) is 0 Å². The van der Waals surface area contributed by atoms with Gasteiger partial charge in [-0.05, 0) is 36.6 Å². The number of carbonyl (C=O) groups excluding carboxylic acids is 1. The van der Waals surface area contributed by atoms with Crippen molar-refractivity contribution in [1.29, 1.82) is 0 Å². The lowest BCUT2D eigenvalue weighted by atomic mass is 10.1. The molecule has 4 heteroatoms. The van der Waals surface area contributed by atoms with Crippen LogP contribution in [0.4, 0.5) is 5.69 Å². The number of anilines is 1. The Bertz CT molecular complexity index is 393.